The topological polar surface area (TPSA) is 77.5 Å². The molecular weight excluding hydrogens is 260 g/mol. The van der Waals surface area contributed by atoms with Gasteiger partial charge in [-0.25, -0.2) is 4.79 Å². The van der Waals surface area contributed by atoms with Crippen molar-refractivity contribution in [2.45, 2.75) is 25.8 Å². The van der Waals surface area contributed by atoms with Crippen LogP contribution in [0, 0.1) is 0 Å². The lowest BCUT2D eigenvalue weighted by atomic mass is 10.1. The fourth-order valence-electron chi connectivity index (χ4n) is 1.69. The summed E-state index contributed by atoms with van der Waals surface area (Å²) >= 11 is 0. The molecule has 0 saturated carbocycles. The molecule has 110 valence electrons. The highest BCUT2D eigenvalue weighted by molar-refractivity contribution is 5.83. The Morgan fingerprint density at radius 2 is 2.05 bits per heavy atom. The molecule has 1 unspecified atom stereocenters. The minimum atomic E-state index is -0.751. The molecule has 1 heterocycles. The molecule has 6 heteroatoms. The smallest absolute Gasteiger partial charge is 0.330 e. The molecule has 1 atom stereocenters. The highest BCUT2D eigenvalue weighted by Gasteiger charge is 2.19. The van der Waals surface area contributed by atoms with Crippen molar-refractivity contribution < 1.29 is 19.1 Å². The summed E-state index contributed by atoms with van der Waals surface area (Å²) < 4.78 is 10.0. The predicted molar refractivity (Wildman–Crippen MR) is 73.0 cm³/mol. The first-order valence-corrected chi connectivity index (χ1v) is 6.45. The first kappa shape index (κ1) is 16.1. The van der Waals surface area contributed by atoms with Gasteiger partial charge in [0.25, 0.3) is 0 Å². The second-order valence-corrected chi connectivity index (χ2v) is 4.31. The number of hydrogen-bond donors (Lipinski definition) is 1. The van der Waals surface area contributed by atoms with Crippen molar-refractivity contribution in [2.24, 2.45) is 0 Å². The van der Waals surface area contributed by atoms with Gasteiger partial charge in [-0.1, -0.05) is 0 Å². The number of amides is 1. The van der Waals surface area contributed by atoms with E-state index in [1.807, 2.05) is 12.1 Å². The normalized spacial score (nSPS) is 11.7. The SMILES string of the molecule is COC(=O)C(COCCCc1ccncc1)NC(C)=O. The van der Waals surface area contributed by atoms with E-state index >= 15 is 0 Å². The lowest BCUT2D eigenvalue weighted by Crippen LogP contribution is -2.43. The van der Waals surface area contributed by atoms with Gasteiger partial charge in [0.2, 0.25) is 5.91 Å². The molecule has 0 saturated heterocycles. The molecule has 0 fully saturated rings. The van der Waals surface area contributed by atoms with Gasteiger partial charge < -0.3 is 14.8 Å². The Hall–Kier alpha value is -1.95. The van der Waals surface area contributed by atoms with E-state index in [4.69, 9.17) is 4.74 Å². The van der Waals surface area contributed by atoms with Crippen molar-refractivity contribution in [3.63, 3.8) is 0 Å². The Morgan fingerprint density at radius 3 is 2.65 bits per heavy atom. The molecule has 0 aliphatic heterocycles. The fourth-order valence-corrected chi connectivity index (χ4v) is 1.69. The lowest BCUT2D eigenvalue weighted by Gasteiger charge is -2.15. The number of nitrogens with zero attached hydrogens (tertiary/aromatic N) is 1. The van der Waals surface area contributed by atoms with Gasteiger partial charge in [-0.05, 0) is 30.5 Å². The van der Waals surface area contributed by atoms with E-state index < -0.39 is 12.0 Å². The number of hydrogen-bond acceptors (Lipinski definition) is 5. The molecule has 0 aliphatic carbocycles. The van der Waals surface area contributed by atoms with Gasteiger partial charge in [0, 0.05) is 25.9 Å². The van der Waals surface area contributed by atoms with Crippen LogP contribution in [-0.4, -0.2) is 43.2 Å². The van der Waals surface area contributed by atoms with Gasteiger partial charge in [0.1, 0.15) is 0 Å². The number of esters is 1. The van der Waals surface area contributed by atoms with Crippen LogP contribution >= 0.6 is 0 Å². The van der Waals surface area contributed by atoms with Crippen LogP contribution in [-0.2, 0) is 25.5 Å². The van der Waals surface area contributed by atoms with Crippen LogP contribution in [0.1, 0.15) is 18.9 Å². The van der Waals surface area contributed by atoms with E-state index in [9.17, 15) is 9.59 Å². The highest BCUT2D eigenvalue weighted by atomic mass is 16.5. The van der Waals surface area contributed by atoms with Crippen LogP contribution in [0.5, 0.6) is 0 Å². The average molecular weight is 280 g/mol. The van der Waals surface area contributed by atoms with Crippen LogP contribution in [0.2, 0.25) is 0 Å². The molecule has 1 N–H and O–H groups in total. The average Bonchev–Trinajstić information content (AvgIpc) is 2.45. The van der Waals surface area contributed by atoms with Crippen LogP contribution < -0.4 is 5.32 Å². The summed E-state index contributed by atoms with van der Waals surface area (Å²) in [5.41, 5.74) is 1.19. The van der Waals surface area contributed by atoms with Crippen molar-refractivity contribution in [1.82, 2.24) is 10.3 Å². The number of ether oxygens (including phenoxy) is 2. The predicted octanol–water partition coefficient (Wildman–Crippen LogP) is 0.708. The Bertz CT molecular complexity index is 422. The summed E-state index contributed by atoms with van der Waals surface area (Å²) in [5, 5.41) is 2.49. The highest BCUT2D eigenvalue weighted by Crippen LogP contribution is 2.01. The van der Waals surface area contributed by atoms with Crippen LogP contribution in [0.4, 0.5) is 0 Å². The van der Waals surface area contributed by atoms with Gasteiger partial charge in [-0.3, -0.25) is 9.78 Å². The Labute approximate surface area is 118 Å². The van der Waals surface area contributed by atoms with Gasteiger partial charge in [0.15, 0.2) is 6.04 Å². The Morgan fingerprint density at radius 1 is 1.35 bits per heavy atom. The van der Waals surface area contributed by atoms with Gasteiger partial charge in [0.05, 0.1) is 13.7 Å². The second kappa shape index (κ2) is 9.03. The molecule has 1 amide bonds. The van der Waals surface area contributed by atoms with E-state index in [0.717, 1.165) is 12.8 Å². The quantitative estimate of drug-likeness (QED) is 0.560. The van der Waals surface area contributed by atoms with Gasteiger partial charge >= 0.3 is 5.97 Å². The number of carbonyl (C=O) groups excluding carboxylic acids is 2. The molecule has 0 aromatic carbocycles. The van der Waals surface area contributed by atoms with E-state index in [2.05, 4.69) is 15.0 Å². The summed E-state index contributed by atoms with van der Waals surface area (Å²) in [4.78, 5) is 26.3. The molecule has 1 aromatic heterocycles. The molecular formula is C14H20N2O4. The molecule has 0 aliphatic rings. The van der Waals surface area contributed by atoms with E-state index in [0.29, 0.717) is 6.61 Å². The molecule has 0 bridgehead atoms. The van der Waals surface area contributed by atoms with Crippen molar-refractivity contribution in [3.05, 3.63) is 30.1 Å². The monoisotopic (exact) mass is 280 g/mol. The zero-order chi connectivity index (χ0) is 14.8. The minimum Gasteiger partial charge on any atom is -0.467 e. The zero-order valence-corrected chi connectivity index (χ0v) is 11.8. The van der Waals surface area contributed by atoms with Crippen LogP contribution in [0.25, 0.3) is 0 Å². The first-order valence-electron chi connectivity index (χ1n) is 6.45. The summed E-state index contributed by atoms with van der Waals surface area (Å²) in [6.45, 7) is 1.97. The zero-order valence-electron chi connectivity index (χ0n) is 11.8. The summed E-state index contributed by atoms with van der Waals surface area (Å²) in [6, 6.07) is 3.15. The standard InChI is InChI=1S/C14H20N2O4/c1-11(17)16-13(14(18)19-2)10-20-9-3-4-12-5-7-15-8-6-12/h5-8,13H,3-4,9-10H2,1-2H3,(H,16,17). The second-order valence-electron chi connectivity index (χ2n) is 4.31. The number of aryl methyl sites for hydroxylation is 1. The Balaban J connectivity index is 2.23. The minimum absolute atomic E-state index is 0.114. The van der Waals surface area contributed by atoms with Gasteiger partial charge in [-0.15, -0.1) is 0 Å². The van der Waals surface area contributed by atoms with Crippen molar-refractivity contribution >= 4 is 11.9 Å². The maximum atomic E-state index is 11.4. The number of methoxy groups -OCH3 is 1. The van der Waals surface area contributed by atoms with Crippen LogP contribution in [0.15, 0.2) is 24.5 Å². The van der Waals surface area contributed by atoms with Crippen molar-refractivity contribution in [2.75, 3.05) is 20.3 Å². The van der Waals surface area contributed by atoms with Crippen LogP contribution in [0.3, 0.4) is 0 Å². The molecule has 20 heavy (non-hydrogen) atoms. The van der Waals surface area contributed by atoms with Crippen molar-refractivity contribution in [3.8, 4) is 0 Å². The van der Waals surface area contributed by atoms with Crippen molar-refractivity contribution in [1.29, 1.82) is 0 Å². The summed E-state index contributed by atoms with van der Waals surface area (Å²) in [5.74, 6) is -0.796. The Kier molecular flexibility index (Phi) is 7.27. The third kappa shape index (κ3) is 6.29. The molecule has 1 aromatic rings. The third-order valence-electron chi connectivity index (χ3n) is 2.65. The third-order valence-corrected chi connectivity index (χ3v) is 2.65. The molecule has 0 spiro atoms. The van der Waals surface area contributed by atoms with Gasteiger partial charge in [-0.2, -0.15) is 0 Å². The summed E-state index contributed by atoms with van der Waals surface area (Å²) in [6.07, 6.45) is 5.21. The molecule has 0 radical (unpaired) electrons. The van der Waals surface area contributed by atoms with E-state index in [-0.39, 0.29) is 12.5 Å². The number of pyridine rings is 1. The van der Waals surface area contributed by atoms with E-state index in [1.165, 1.54) is 19.6 Å². The van der Waals surface area contributed by atoms with E-state index in [1.54, 1.807) is 12.4 Å². The number of nitrogens with one attached hydrogen (secondary N) is 1. The maximum Gasteiger partial charge on any atom is 0.330 e. The number of carbonyl (C=O) groups is 2. The molecule has 1 rings (SSSR count). The lowest BCUT2D eigenvalue weighted by molar-refractivity contribution is -0.146. The largest absolute Gasteiger partial charge is 0.467 e. The molecule has 6 nitrogen and oxygen atoms in total. The first-order chi connectivity index (χ1) is 9.63. The number of aromatic nitrogens is 1. The number of rotatable bonds is 8. The summed E-state index contributed by atoms with van der Waals surface area (Å²) in [7, 11) is 1.28. The maximum absolute atomic E-state index is 11.4. The fraction of sp³-hybridized carbons (Fsp3) is 0.500.